The van der Waals surface area contributed by atoms with Crippen LogP contribution in [0.5, 0.6) is 0 Å². The van der Waals surface area contributed by atoms with Gasteiger partial charge in [0.25, 0.3) is 0 Å². The van der Waals surface area contributed by atoms with Crippen molar-refractivity contribution in [1.29, 1.82) is 0 Å². The van der Waals surface area contributed by atoms with Crippen molar-refractivity contribution in [3.63, 3.8) is 0 Å². The molecule has 17 heavy (non-hydrogen) atoms. The zero-order valence-corrected chi connectivity index (χ0v) is 10.7. The Balaban J connectivity index is 2.75. The molecule has 1 aromatic carbocycles. The number of hydrogen-bond acceptors (Lipinski definition) is 3. The molecule has 0 saturated carbocycles. The summed E-state index contributed by atoms with van der Waals surface area (Å²) >= 11 is 0. The summed E-state index contributed by atoms with van der Waals surface area (Å²) in [6, 6.07) is 4.16. The van der Waals surface area contributed by atoms with Crippen LogP contribution in [0, 0.1) is 20.8 Å². The van der Waals surface area contributed by atoms with Gasteiger partial charge in [-0.15, -0.1) is 0 Å². The first-order valence-corrected chi connectivity index (χ1v) is 5.58. The number of hydrogen-bond donors (Lipinski definition) is 1. The van der Waals surface area contributed by atoms with E-state index in [1.807, 2.05) is 13.8 Å². The highest BCUT2D eigenvalue weighted by atomic mass is 16.5. The van der Waals surface area contributed by atoms with E-state index in [2.05, 4.69) is 29.6 Å². The molecule has 4 nitrogen and oxygen atoms in total. The molecule has 1 N–H and O–H groups in total. The zero-order chi connectivity index (χ0) is 12.8. The van der Waals surface area contributed by atoms with Crippen LogP contribution >= 0.6 is 0 Å². The number of nitrogens with zero attached hydrogens (tertiary/aromatic N) is 1. The number of benzene rings is 1. The normalized spacial score (nSPS) is 10.6. The molecule has 0 bridgehead atoms. The maximum atomic E-state index is 11.0. The van der Waals surface area contributed by atoms with Crippen LogP contribution in [-0.2, 0) is 4.74 Å². The van der Waals surface area contributed by atoms with Crippen molar-refractivity contribution in [1.82, 2.24) is 5.43 Å². The summed E-state index contributed by atoms with van der Waals surface area (Å²) in [4.78, 5) is 11.0. The summed E-state index contributed by atoms with van der Waals surface area (Å²) in [5, 5.41) is 3.86. The molecule has 0 saturated heterocycles. The molecule has 4 heteroatoms. The molecular weight excluding hydrogens is 216 g/mol. The SMILES string of the molecule is CCOC(=O)N/N=C\c1c(C)cc(C)cc1C. The maximum Gasteiger partial charge on any atom is 0.427 e. The van der Waals surface area contributed by atoms with Gasteiger partial charge in [-0.1, -0.05) is 17.7 Å². The average molecular weight is 234 g/mol. The van der Waals surface area contributed by atoms with E-state index >= 15 is 0 Å². The third-order valence-corrected chi connectivity index (χ3v) is 2.36. The second kappa shape index (κ2) is 6.03. The lowest BCUT2D eigenvalue weighted by Gasteiger charge is -2.06. The van der Waals surface area contributed by atoms with E-state index in [4.69, 9.17) is 4.74 Å². The molecule has 0 aromatic heterocycles. The van der Waals surface area contributed by atoms with Crippen LogP contribution in [0.25, 0.3) is 0 Å². The van der Waals surface area contributed by atoms with Crippen molar-refractivity contribution in [2.45, 2.75) is 27.7 Å². The lowest BCUT2D eigenvalue weighted by atomic mass is 10.0. The number of carbonyl (C=O) groups is 1. The van der Waals surface area contributed by atoms with Crippen molar-refractivity contribution >= 4 is 12.3 Å². The number of nitrogens with one attached hydrogen (secondary N) is 1. The Morgan fingerprint density at radius 1 is 1.35 bits per heavy atom. The number of aryl methyl sites for hydroxylation is 3. The Hall–Kier alpha value is -1.84. The summed E-state index contributed by atoms with van der Waals surface area (Å²) < 4.78 is 4.70. The second-order valence-electron chi connectivity index (χ2n) is 3.90. The third kappa shape index (κ3) is 3.90. The maximum absolute atomic E-state index is 11.0. The molecule has 0 aliphatic rings. The zero-order valence-electron chi connectivity index (χ0n) is 10.7. The summed E-state index contributed by atoms with van der Waals surface area (Å²) in [7, 11) is 0. The Bertz CT molecular complexity index is 416. The lowest BCUT2D eigenvalue weighted by Crippen LogP contribution is -2.18. The van der Waals surface area contributed by atoms with Crippen LogP contribution in [0.2, 0.25) is 0 Å². The van der Waals surface area contributed by atoms with E-state index in [1.165, 1.54) is 5.56 Å². The van der Waals surface area contributed by atoms with Gasteiger partial charge < -0.3 is 4.74 Å². The van der Waals surface area contributed by atoms with Gasteiger partial charge in [-0.25, -0.2) is 10.2 Å². The molecule has 0 atom stereocenters. The van der Waals surface area contributed by atoms with Crippen molar-refractivity contribution in [3.8, 4) is 0 Å². The van der Waals surface area contributed by atoms with Gasteiger partial charge in [0.2, 0.25) is 0 Å². The minimum Gasteiger partial charge on any atom is -0.449 e. The molecule has 0 aliphatic carbocycles. The summed E-state index contributed by atoms with van der Waals surface area (Å²) in [6.45, 7) is 8.18. The fourth-order valence-corrected chi connectivity index (χ4v) is 1.71. The number of carbonyl (C=O) groups excluding carboxylic acids is 1. The standard InChI is InChI=1S/C13H18N2O2/c1-5-17-13(16)15-14-8-12-10(3)6-9(2)7-11(12)4/h6-8H,5H2,1-4H3,(H,15,16)/b14-8-. The highest BCUT2D eigenvalue weighted by Gasteiger charge is 2.01. The smallest absolute Gasteiger partial charge is 0.427 e. The minimum atomic E-state index is -0.536. The topological polar surface area (TPSA) is 50.7 Å². The molecule has 1 aromatic rings. The minimum absolute atomic E-state index is 0.337. The number of hydrazone groups is 1. The first-order chi connectivity index (χ1) is 8.04. The Kier molecular flexibility index (Phi) is 4.69. The van der Waals surface area contributed by atoms with Gasteiger partial charge in [0.1, 0.15) is 0 Å². The first-order valence-electron chi connectivity index (χ1n) is 5.58. The van der Waals surface area contributed by atoms with Gasteiger partial charge in [0.05, 0.1) is 12.8 Å². The van der Waals surface area contributed by atoms with Crippen molar-refractivity contribution in [3.05, 3.63) is 34.4 Å². The number of ether oxygens (including phenoxy) is 1. The lowest BCUT2D eigenvalue weighted by molar-refractivity contribution is 0.152. The molecule has 1 rings (SSSR count). The summed E-state index contributed by atoms with van der Waals surface area (Å²) in [5.74, 6) is 0. The summed E-state index contributed by atoms with van der Waals surface area (Å²) in [6.07, 6.45) is 1.10. The molecule has 0 fully saturated rings. The van der Waals surface area contributed by atoms with Crippen LogP contribution < -0.4 is 5.43 Å². The van der Waals surface area contributed by atoms with E-state index in [0.29, 0.717) is 6.61 Å². The van der Waals surface area contributed by atoms with Gasteiger partial charge in [0.15, 0.2) is 0 Å². The average Bonchev–Trinajstić information content (AvgIpc) is 2.22. The molecule has 0 aliphatic heterocycles. The Labute approximate surface area is 102 Å². The second-order valence-corrected chi connectivity index (χ2v) is 3.90. The highest BCUT2D eigenvalue weighted by Crippen LogP contribution is 2.13. The number of rotatable bonds is 3. The van der Waals surface area contributed by atoms with Gasteiger partial charge in [-0.2, -0.15) is 5.10 Å². The molecule has 0 spiro atoms. The molecule has 0 heterocycles. The van der Waals surface area contributed by atoms with Crippen molar-refractivity contribution in [2.24, 2.45) is 5.10 Å². The van der Waals surface area contributed by atoms with Crippen LogP contribution in [0.4, 0.5) is 4.79 Å². The number of amides is 1. The van der Waals surface area contributed by atoms with Crippen LogP contribution in [0.3, 0.4) is 0 Å². The Morgan fingerprint density at radius 3 is 2.47 bits per heavy atom. The highest BCUT2D eigenvalue weighted by molar-refractivity contribution is 5.84. The largest absolute Gasteiger partial charge is 0.449 e. The van der Waals surface area contributed by atoms with Crippen LogP contribution in [0.1, 0.15) is 29.2 Å². The van der Waals surface area contributed by atoms with Crippen LogP contribution in [0.15, 0.2) is 17.2 Å². The summed E-state index contributed by atoms with van der Waals surface area (Å²) in [5.41, 5.74) is 6.82. The molecule has 0 radical (unpaired) electrons. The van der Waals surface area contributed by atoms with E-state index < -0.39 is 6.09 Å². The van der Waals surface area contributed by atoms with E-state index in [9.17, 15) is 4.79 Å². The monoisotopic (exact) mass is 234 g/mol. The van der Waals surface area contributed by atoms with Gasteiger partial charge in [-0.3, -0.25) is 0 Å². The van der Waals surface area contributed by atoms with E-state index in [-0.39, 0.29) is 0 Å². The van der Waals surface area contributed by atoms with Gasteiger partial charge >= 0.3 is 6.09 Å². The van der Waals surface area contributed by atoms with Gasteiger partial charge in [-0.05, 0) is 38.8 Å². The molecular formula is C13H18N2O2. The predicted molar refractivity (Wildman–Crippen MR) is 68.4 cm³/mol. The fraction of sp³-hybridized carbons (Fsp3) is 0.385. The first kappa shape index (κ1) is 13.2. The predicted octanol–water partition coefficient (Wildman–Crippen LogP) is 2.69. The quantitative estimate of drug-likeness (QED) is 0.645. The molecule has 92 valence electrons. The van der Waals surface area contributed by atoms with Crippen molar-refractivity contribution in [2.75, 3.05) is 6.61 Å². The fourth-order valence-electron chi connectivity index (χ4n) is 1.71. The molecule has 1 amide bonds. The van der Waals surface area contributed by atoms with E-state index in [0.717, 1.165) is 16.7 Å². The van der Waals surface area contributed by atoms with Crippen LogP contribution in [-0.4, -0.2) is 18.9 Å². The molecule has 0 unspecified atom stereocenters. The van der Waals surface area contributed by atoms with Gasteiger partial charge in [0, 0.05) is 5.56 Å². The Morgan fingerprint density at radius 2 is 1.94 bits per heavy atom. The van der Waals surface area contributed by atoms with Crippen molar-refractivity contribution < 1.29 is 9.53 Å². The third-order valence-electron chi connectivity index (χ3n) is 2.36. The van der Waals surface area contributed by atoms with E-state index in [1.54, 1.807) is 13.1 Å².